The van der Waals surface area contributed by atoms with Gasteiger partial charge in [0.2, 0.25) is 11.8 Å². The molecule has 0 unspecified atom stereocenters. The second-order valence-electron chi connectivity index (χ2n) is 4.70. The highest BCUT2D eigenvalue weighted by molar-refractivity contribution is 5.80. The number of primary amides is 1. The largest absolute Gasteiger partial charge is 0.399 e. The second kappa shape index (κ2) is 8.16. The van der Waals surface area contributed by atoms with Crippen LogP contribution in [-0.4, -0.2) is 36.3 Å². The van der Waals surface area contributed by atoms with Gasteiger partial charge in [-0.2, -0.15) is 0 Å². The average Bonchev–Trinajstić information content (AvgIpc) is 2.38. The molecule has 0 spiro atoms. The van der Waals surface area contributed by atoms with E-state index in [1.54, 1.807) is 17.0 Å². The average molecular weight is 278 g/mol. The Bertz CT molecular complexity index is 445. The van der Waals surface area contributed by atoms with E-state index in [0.717, 1.165) is 12.0 Å². The van der Waals surface area contributed by atoms with E-state index >= 15 is 0 Å². The molecule has 2 amide bonds. The summed E-state index contributed by atoms with van der Waals surface area (Å²) in [5.74, 6) is -0.563. The van der Waals surface area contributed by atoms with Crippen molar-refractivity contribution in [1.29, 1.82) is 0 Å². The number of amides is 2. The molecule has 20 heavy (non-hydrogen) atoms. The van der Waals surface area contributed by atoms with Crippen LogP contribution in [0, 0.1) is 0 Å². The number of anilines is 1. The molecule has 0 saturated carbocycles. The smallest absolute Gasteiger partial charge is 0.234 e. The summed E-state index contributed by atoms with van der Waals surface area (Å²) in [6.07, 6.45) is 0.875. The van der Waals surface area contributed by atoms with E-state index in [-0.39, 0.29) is 19.0 Å². The lowest BCUT2D eigenvalue weighted by atomic mass is 10.2. The van der Waals surface area contributed by atoms with Gasteiger partial charge in [0.25, 0.3) is 0 Å². The molecule has 0 atom stereocenters. The number of nitrogen functional groups attached to an aromatic ring is 1. The summed E-state index contributed by atoms with van der Waals surface area (Å²) in [4.78, 5) is 24.5. The van der Waals surface area contributed by atoms with E-state index in [2.05, 4.69) is 5.32 Å². The number of carbonyl (C=O) groups excluding carboxylic acids is 2. The standard InChI is InChI=1S/C14H22N4O2/c1-2-7-17-14(20)10-18(9-13(16)19)8-11-3-5-12(15)6-4-11/h3-6H,2,7-10,15H2,1H3,(H2,16,19)(H,17,20). The van der Waals surface area contributed by atoms with Gasteiger partial charge >= 0.3 is 0 Å². The fraction of sp³-hybridized carbons (Fsp3) is 0.429. The van der Waals surface area contributed by atoms with Crippen molar-refractivity contribution in [2.45, 2.75) is 19.9 Å². The summed E-state index contributed by atoms with van der Waals surface area (Å²) in [6, 6.07) is 7.31. The monoisotopic (exact) mass is 278 g/mol. The minimum atomic E-state index is -0.455. The molecule has 5 N–H and O–H groups in total. The first-order chi connectivity index (χ1) is 9.51. The maximum Gasteiger partial charge on any atom is 0.234 e. The van der Waals surface area contributed by atoms with Crippen LogP contribution in [0.2, 0.25) is 0 Å². The molecule has 0 saturated heterocycles. The number of benzene rings is 1. The molecule has 1 rings (SSSR count). The van der Waals surface area contributed by atoms with Crippen LogP contribution in [0.5, 0.6) is 0 Å². The van der Waals surface area contributed by atoms with Crippen molar-refractivity contribution >= 4 is 17.5 Å². The van der Waals surface area contributed by atoms with E-state index in [9.17, 15) is 9.59 Å². The molecule has 0 aliphatic heterocycles. The molecule has 0 fully saturated rings. The molecule has 0 bridgehead atoms. The number of rotatable bonds is 8. The molecule has 0 radical (unpaired) electrons. The predicted molar refractivity (Wildman–Crippen MR) is 78.6 cm³/mol. The first-order valence-corrected chi connectivity index (χ1v) is 6.63. The van der Waals surface area contributed by atoms with E-state index in [1.165, 1.54) is 0 Å². The van der Waals surface area contributed by atoms with Crippen molar-refractivity contribution in [3.05, 3.63) is 29.8 Å². The zero-order chi connectivity index (χ0) is 15.0. The quantitative estimate of drug-likeness (QED) is 0.586. The second-order valence-corrected chi connectivity index (χ2v) is 4.70. The summed E-state index contributed by atoms with van der Waals surface area (Å²) in [6.45, 7) is 3.28. The summed E-state index contributed by atoms with van der Waals surface area (Å²) >= 11 is 0. The first-order valence-electron chi connectivity index (χ1n) is 6.63. The van der Waals surface area contributed by atoms with Crippen LogP contribution in [0.1, 0.15) is 18.9 Å². The zero-order valence-corrected chi connectivity index (χ0v) is 11.8. The van der Waals surface area contributed by atoms with Gasteiger partial charge in [0, 0.05) is 18.8 Å². The van der Waals surface area contributed by atoms with Crippen molar-refractivity contribution in [3.63, 3.8) is 0 Å². The maximum absolute atomic E-state index is 11.7. The fourth-order valence-electron chi connectivity index (χ4n) is 1.79. The van der Waals surface area contributed by atoms with Crippen LogP contribution >= 0.6 is 0 Å². The van der Waals surface area contributed by atoms with Crippen molar-refractivity contribution in [3.8, 4) is 0 Å². The molecule has 110 valence electrons. The Morgan fingerprint density at radius 2 is 1.85 bits per heavy atom. The Morgan fingerprint density at radius 3 is 2.40 bits per heavy atom. The lowest BCUT2D eigenvalue weighted by molar-refractivity contribution is -0.124. The third-order valence-electron chi connectivity index (χ3n) is 2.70. The molecule has 0 aromatic heterocycles. The highest BCUT2D eigenvalue weighted by Gasteiger charge is 2.13. The Labute approximate surface area is 119 Å². The van der Waals surface area contributed by atoms with Gasteiger partial charge in [-0.3, -0.25) is 14.5 Å². The normalized spacial score (nSPS) is 10.5. The van der Waals surface area contributed by atoms with Crippen LogP contribution in [0.25, 0.3) is 0 Å². The van der Waals surface area contributed by atoms with Gasteiger partial charge in [0.05, 0.1) is 13.1 Å². The lowest BCUT2D eigenvalue weighted by Gasteiger charge is -2.20. The molecule has 1 aromatic rings. The number of nitrogens with one attached hydrogen (secondary N) is 1. The molecule has 0 aliphatic rings. The van der Waals surface area contributed by atoms with Gasteiger partial charge in [0.1, 0.15) is 0 Å². The Hall–Kier alpha value is -2.08. The van der Waals surface area contributed by atoms with Crippen LogP contribution in [-0.2, 0) is 16.1 Å². The number of carbonyl (C=O) groups is 2. The lowest BCUT2D eigenvalue weighted by Crippen LogP contribution is -2.41. The molecule has 1 aromatic carbocycles. The zero-order valence-electron chi connectivity index (χ0n) is 11.8. The summed E-state index contributed by atoms with van der Waals surface area (Å²) < 4.78 is 0. The molecular formula is C14H22N4O2. The predicted octanol–water partition coefficient (Wildman–Crippen LogP) is 0.0823. The van der Waals surface area contributed by atoms with Gasteiger partial charge in [-0.05, 0) is 24.1 Å². The third kappa shape index (κ3) is 6.19. The van der Waals surface area contributed by atoms with E-state index in [1.807, 2.05) is 19.1 Å². The van der Waals surface area contributed by atoms with Crippen LogP contribution < -0.4 is 16.8 Å². The van der Waals surface area contributed by atoms with Gasteiger partial charge in [0.15, 0.2) is 0 Å². The molecule has 0 aliphatic carbocycles. The van der Waals surface area contributed by atoms with Crippen molar-refractivity contribution in [1.82, 2.24) is 10.2 Å². The van der Waals surface area contributed by atoms with Gasteiger partial charge in [-0.1, -0.05) is 19.1 Å². The van der Waals surface area contributed by atoms with Gasteiger partial charge in [-0.15, -0.1) is 0 Å². The molecule has 0 heterocycles. The van der Waals surface area contributed by atoms with Crippen LogP contribution in [0.3, 0.4) is 0 Å². The highest BCUT2D eigenvalue weighted by Crippen LogP contribution is 2.08. The topological polar surface area (TPSA) is 101 Å². The number of nitrogens with two attached hydrogens (primary N) is 2. The fourth-order valence-corrected chi connectivity index (χ4v) is 1.79. The van der Waals surface area contributed by atoms with Gasteiger partial charge < -0.3 is 16.8 Å². The van der Waals surface area contributed by atoms with Crippen LogP contribution in [0.4, 0.5) is 5.69 Å². The molecular weight excluding hydrogens is 256 g/mol. The van der Waals surface area contributed by atoms with Crippen molar-refractivity contribution < 1.29 is 9.59 Å². The Balaban J connectivity index is 2.61. The number of hydrogen-bond donors (Lipinski definition) is 3. The summed E-state index contributed by atoms with van der Waals surface area (Å²) in [5.41, 5.74) is 12.5. The third-order valence-corrected chi connectivity index (χ3v) is 2.70. The van der Waals surface area contributed by atoms with Crippen molar-refractivity contribution in [2.75, 3.05) is 25.4 Å². The summed E-state index contributed by atoms with van der Waals surface area (Å²) in [7, 11) is 0. The van der Waals surface area contributed by atoms with Crippen molar-refractivity contribution in [2.24, 2.45) is 5.73 Å². The van der Waals surface area contributed by atoms with Gasteiger partial charge in [-0.25, -0.2) is 0 Å². The van der Waals surface area contributed by atoms with E-state index in [4.69, 9.17) is 11.5 Å². The highest BCUT2D eigenvalue weighted by atomic mass is 16.2. The SMILES string of the molecule is CCCNC(=O)CN(CC(N)=O)Cc1ccc(N)cc1. The Kier molecular flexibility index (Phi) is 6.52. The Morgan fingerprint density at radius 1 is 1.20 bits per heavy atom. The molecule has 6 nitrogen and oxygen atoms in total. The number of nitrogens with zero attached hydrogens (tertiary/aromatic N) is 1. The summed E-state index contributed by atoms with van der Waals surface area (Å²) in [5, 5.41) is 2.78. The molecule has 6 heteroatoms. The first kappa shape index (κ1) is 16.0. The number of hydrogen-bond acceptors (Lipinski definition) is 4. The van der Waals surface area contributed by atoms with E-state index < -0.39 is 5.91 Å². The minimum absolute atomic E-state index is 0.0456. The van der Waals surface area contributed by atoms with E-state index in [0.29, 0.717) is 18.8 Å². The minimum Gasteiger partial charge on any atom is -0.399 e. The van der Waals surface area contributed by atoms with Crippen LogP contribution in [0.15, 0.2) is 24.3 Å². The maximum atomic E-state index is 11.7.